The molecule has 164 valence electrons. The number of nitrogens with one attached hydrogen (secondary N) is 2. The van der Waals surface area contributed by atoms with E-state index in [1.807, 2.05) is 12.3 Å². The van der Waals surface area contributed by atoms with Crippen LogP contribution in [0.1, 0.15) is 25.7 Å². The summed E-state index contributed by atoms with van der Waals surface area (Å²) in [4.78, 5) is 14.7. The fraction of sp³-hybridized carbons (Fsp3) is 0.308. The zero-order valence-corrected chi connectivity index (χ0v) is 18.3. The van der Waals surface area contributed by atoms with Crippen molar-refractivity contribution >= 4 is 22.7 Å². The van der Waals surface area contributed by atoms with Crippen molar-refractivity contribution in [1.82, 2.24) is 19.9 Å². The molecular weight excluding hydrogens is 396 g/mol. The van der Waals surface area contributed by atoms with Gasteiger partial charge in [-0.25, -0.2) is 4.98 Å². The Bertz CT molecular complexity index is 1190. The highest BCUT2D eigenvalue weighted by Gasteiger charge is 2.13. The number of anilines is 2. The molecule has 0 radical (unpaired) electrons. The van der Waals surface area contributed by atoms with Crippen molar-refractivity contribution in [3.05, 3.63) is 60.9 Å². The third-order valence-electron chi connectivity index (χ3n) is 6.27. The number of para-hydroxylation sites is 1. The second-order valence-electron chi connectivity index (χ2n) is 8.50. The first kappa shape index (κ1) is 20.5. The number of nitrogens with zero attached hydrogens (tertiary/aromatic N) is 3. The van der Waals surface area contributed by atoms with E-state index in [2.05, 4.69) is 73.8 Å². The fourth-order valence-electron chi connectivity index (χ4n) is 4.60. The molecule has 4 N–H and O–H groups in total. The van der Waals surface area contributed by atoms with E-state index in [-0.39, 0.29) is 0 Å². The highest BCUT2D eigenvalue weighted by molar-refractivity contribution is 5.96. The molecule has 2 aromatic heterocycles. The molecule has 32 heavy (non-hydrogen) atoms. The Labute approximate surface area is 188 Å². The molecule has 0 bridgehead atoms. The zero-order valence-electron chi connectivity index (χ0n) is 18.3. The standard InChI is InChI=1S/C26H30N6/c27-26-30-18-23(25(31-26)28-12-7-15-32-13-4-1-5-14-32)20-9-6-8-19(16-20)22-17-29-24-11-3-2-10-21(22)24/h2-3,6,8-11,16-18,29H,1,4-5,7,12-15H2,(H3,27,28,30,31). The first-order chi connectivity index (χ1) is 15.8. The van der Waals surface area contributed by atoms with E-state index in [0.717, 1.165) is 47.5 Å². The van der Waals surface area contributed by atoms with Gasteiger partial charge in [-0.2, -0.15) is 4.98 Å². The Hall–Kier alpha value is -3.38. The number of aromatic nitrogens is 3. The van der Waals surface area contributed by atoms with E-state index in [1.54, 1.807) is 0 Å². The number of nitrogens with two attached hydrogens (primary N) is 1. The quantitative estimate of drug-likeness (QED) is 0.356. The zero-order chi connectivity index (χ0) is 21.8. The number of fused-ring (bicyclic) bond motifs is 1. The van der Waals surface area contributed by atoms with Gasteiger partial charge in [-0.3, -0.25) is 0 Å². The summed E-state index contributed by atoms with van der Waals surface area (Å²) in [6.07, 6.45) is 9.00. The number of hydrogen-bond acceptors (Lipinski definition) is 5. The lowest BCUT2D eigenvalue weighted by atomic mass is 9.99. The molecule has 5 rings (SSSR count). The molecule has 6 nitrogen and oxygen atoms in total. The second kappa shape index (κ2) is 9.40. The van der Waals surface area contributed by atoms with Crippen molar-refractivity contribution in [2.45, 2.75) is 25.7 Å². The number of H-pyrrole nitrogens is 1. The van der Waals surface area contributed by atoms with Crippen molar-refractivity contribution in [3.63, 3.8) is 0 Å². The van der Waals surface area contributed by atoms with E-state index < -0.39 is 0 Å². The summed E-state index contributed by atoms with van der Waals surface area (Å²) in [6, 6.07) is 16.9. The van der Waals surface area contributed by atoms with E-state index >= 15 is 0 Å². The Kier molecular flexibility index (Phi) is 6.03. The van der Waals surface area contributed by atoms with Gasteiger partial charge >= 0.3 is 0 Å². The molecule has 1 fully saturated rings. The van der Waals surface area contributed by atoms with Crippen molar-refractivity contribution < 1.29 is 0 Å². The van der Waals surface area contributed by atoms with Gasteiger partial charge in [0.05, 0.1) is 0 Å². The number of likely N-dealkylation sites (tertiary alicyclic amines) is 1. The minimum absolute atomic E-state index is 0.292. The average molecular weight is 427 g/mol. The Balaban J connectivity index is 1.36. The fourth-order valence-corrected chi connectivity index (χ4v) is 4.60. The molecule has 1 aliphatic rings. The van der Waals surface area contributed by atoms with Crippen LogP contribution >= 0.6 is 0 Å². The van der Waals surface area contributed by atoms with Gasteiger partial charge in [0.2, 0.25) is 5.95 Å². The van der Waals surface area contributed by atoms with Crippen molar-refractivity contribution in [3.8, 4) is 22.3 Å². The lowest BCUT2D eigenvalue weighted by Gasteiger charge is -2.26. The molecule has 0 aliphatic carbocycles. The maximum absolute atomic E-state index is 5.92. The van der Waals surface area contributed by atoms with Crippen molar-refractivity contribution in [2.75, 3.05) is 37.2 Å². The lowest BCUT2D eigenvalue weighted by Crippen LogP contribution is -2.31. The van der Waals surface area contributed by atoms with Crippen LogP contribution in [0.4, 0.5) is 11.8 Å². The molecule has 0 unspecified atom stereocenters. The number of nitrogen functional groups attached to an aromatic ring is 1. The van der Waals surface area contributed by atoms with Crippen LogP contribution in [0.3, 0.4) is 0 Å². The van der Waals surface area contributed by atoms with Crippen LogP contribution in [0.15, 0.2) is 60.9 Å². The maximum atomic E-state index is 5.92. The highest BCUT2D eigenvalue weighted by atomic mass is 15.1. The Morgan fingerprint density at radius 2 is 1.78 bits per heavy atom. The van der Waals surface area contributed by atoms with Crippen LogP contribution in [-0.2, 0) is 0 Å². The van der Waals surface area contributed by atoms with E-state index in [9.17, 15) is 0 Å². The summed E-state index contributed by atoms with van der Waals surface area (Å²) in [5.74, 6) is 1.09. The summed E-state index contributed by atoms with van der Waals surface area (Å²) in [5.41, 5.74) is 11.5. The van der Waals surface area contributed by atoms with Gasteiger partial charge in [-0.1, -0.05) is 42.8 Å². The first-order valence-electron chi connectivity index (χ1n) is 11.5. The molecule has 2 aromatic carbocycles. The minimum Gasteiger partial charge on any atom is -0.369 e. The van der Waals surface area contributed by atoms with Crippen LogP contribution in [0.2, 0.25) is 0 Å². The van der Waals surface area contributed by atoms with Gasteiger partial charge < -0.3 is 20.9 Å². The normalized spacial score (nSPS) is 14.6. The van der Waals surface area contributed by atoms with Crippen LogP contribution in [0.5, 0.6) is 0 Å². The third kappa shape index (κ3) is 4.46. The van der Waals surface area contributed by atoms with E-state index in [4.69, 9.17) is 5.73 Å². The summed E-state index contributed by atoms with van der Waals surface area (Å²) in [6.45, 7) is 4.44. The summed E-state index contributed by atoms with van der Waals surface area (Å²) < 4.78 is 0. The number of benzene rings is 2. The first-order valence-corrected chi connectivity index (χ1v) is 11.5. The van der Waals surface area contributed by atoms with Gasteiger partial charge in [0, 0.05) is 41.0 Å². The molecule has 1 aliphatic heterocycles. The summed E-state index contributed by atoms with van der Waals surface area (Å²) in [7, 11) is 0. The van der Waals surface area contributed by atoms with Gasteiger partial charge in [0.25, 0.3) is 0 Å². The Morgan fingerprint density at radius 3 is 2.66 bits per heavy atom. The predicted octanol–water partition coefficient (Wildman–Crippen LogP) is 5.16. The number of piperidine rings is 1. The topological polar surface area (TPSA) is 82.9 Å². The smallest absolute Gasteiger partial charge is 0.221 e. The lowest BCUT2D eigenvalue weighted by molar-refractivity contribution is 0.228. The molecule has 6 heteroatoms. The SMILES string of the molecule is Nc1ncc(-c2cccc(-c3c[nH]c4ccccc34)c2)c(NCCCN2CCCCC2)n1. The molecule has 4 aromatic rings. The number of hydrogen-bond donors (Lipinski definition) is 3. The molecular formula is C26H30N6. The maximum Gasteiger partial charge on any atom is 0.221 e. The molecule has 1 saturated heterocycles. The van der Waals surface area contributed by atoms with Gasteiger partial charge in [-0.15, -0.1) is 0 Å². The van der Waals surface area contributed by atoms with Crippen LogP contribution in [0, 0.1) is 0 Å². The van der Waals surface area contributed by atoms with Gasteiger partial charge in [-0.05, 0) is 62.2 Å². The van der Waals surface area contributed by atoms with Gasteiger partial charge in [0.1, 0.15) is 5.82 Å². The monoisotopic (exact) mass is 426 g/mol. The largest absolute Gasteiger partial charge is 0.369 e. The molecule has 0 saturated carbocycles. The summed E-state index contributed by atoms with van der Waals surface area (Å²) >= 11 is 0. The van der Waals surface area contributed by atoms with Crippen LogP contribution in [0.25, 0.3) is 33.2 Å². The average Bonchev–Trinajstić information content (AvgIpc) is 3.27. The number of aromatic amines is 1. The third-order valence-corrected chi connectivity index (χ3v) is 6.27. The Morgan fingerprint density at radius 1 is 0.969 bits per heavy atom. The number of rotatable bonds is 7. The summed E-state index contributed by atoms with van der Waals surface area (Å²) in [5, 5.41) is 4.73. The molecule has 0 spiro atoms. The molecule has 0 atom stereocenters. The van der Waals surface area contributed by atoms with Crippen LogP contribution in [-0.4, -0.2) is 46.0 Å². The molecule has 0 amide bonds. The highest BCUT2D eigenvalue weighted by Crippen LogP contribution is 2.33. The van der Waals surface area contributed by atoms with E-state index in [0.29, 0.717) is 5.95 Å². The minimum atomic E-state index is 0.292. The van der Waals surface area contributed by atoms with Crippen molar-refractivity contribution in [2.24, 2.45) is 0 Å². The second-order valence-corrected chi connectivity index (χ2v) is 8.50. The van der Waals surface area contributed by atoms with Crippen molar-refractivity contribution in [1.29, 1.82) is 0 Å². The van der Waals surface area contributed by atoms with Gasteiger partial charge in [0.15, 0.2) is 0 Å². The van der Waals surface area contributed by atoms with Crippen LogP contribution < -0.4 is 11.1 Å². The predicted molar refractivity (Wildman–Crippen MR) is 133 cm³/mol. The molecule has 3 heterocycles. The van der Waals surface area contributed by atoms with E-state index in [1.165, 1.54) is 43.3 Å².